The van der Waals surface area contributed by atoms with E-state index in [1.165, 1.54) is 31.4 Å². The summed E-state index contributed by atoms with van der Waals surface area (Å²) in [7, 11) is 1.71. The van der Waals surface area contributed by atoms with E-state index in [1.54, 1.807) is 7.11 Å². The predicted molar refractivity (Wildman–Crippen MR) is 89.7 cm³/mol. The first-order chi connectivity index (χ1) is 10.2. The molecule has 21 heavy (non-hydrogen) atoms. The van der Waals surface area contributed by atoms with E-state index in [0.717, 1.165) is 29.2 Å². The Balaban J connectivity index is 1.70. The van der Waals surface area contributed by atoms with Crippen LogP contribution in [0.3, 0.4) is 0 Å². The molecule has 1 aromatic rings. The van der Waals surface area contributed by atoms with Crippen molar-refractivity contribution in [3.8, 4) is 5.75 Å². The number of nitrogens with one attached hydrogen (secondary N) is 1. The number of methoxy groups -OCH3 is 1. The first kappa shape index (κ1) is 15.3. The quantitative estimate of drug-likeness (QED) is 0.898. The van der Waals surface area contributed by atoms with E-state index in [4.69, 9.17) is 4.74 Å². The molecule has 2 unspecified atom stereocenters. The Morgan fingerprint density at radius 1 is 1.33 bits per heavy atom. The van der Waals surface area contributed by atoms with Crippen LogP contribution in [0.1, 0.15) is 31.7 Å². The summed E-state index contributed by atoms with van der Waals surface area (Å²) in [5.74, 6) is 1.82. The lowest BCUT2D eigenvalue weighted by molar-refractivity contribution is 0.190. The highest BCUT2D eigenvalue weighted by molar-refractivity contribution is 9.10. The van der Waals surface area contributed by atoms with Gasteiger partial charge in [-0.3, -0.25) is 4.90 Å². The molecule has 3 rings (SSSR count). The molecule has 0 spiro atoms. The van der Waals surface area contributed by atoms with E-state index < -0.39 is 0 Å². The van der Waals surface area contributed by atoms with Gasteiger partial charge in [-0.05, 0) is 72.3 Å². The highest BCUT2D eigenvalue weighted by Gasteiger charge is 2.34. The molecule has 0 aromatic heterocycles. The van der Waals surface area contributed by atoms with Gasteiger partial charge < -0.3 is 10.1 Å². The number of halogens is 1. The van der Waals surface area contributed by atoms with Crippen molar-refractivity contribution in [3.05, 3.63) is 28.2 Å². The zero-order valence-electron chi connectivity index (χ0n) is 12.9. The second-order valence-electron chi connectivity index (χ2n) is 6.43. The molecular formula is C17H25BrN2O. The fourth-order valence-corrected chi connectivity index (χ4v) is 3.82. The fourth-order valence-electron chi connectivity index (χ4n) is 3.23. The fraction of sp³-hybridized carbons (Fsp3) is 0.647. The third-order valence-electron chi connectivity index (χ3n) is 4.82. The molecule has 1 saturated heterocycles. The lowest BCUT2D eigenvalue weighted by Gasteiger charge is -2.29. The summed E-state index contributed by atoms with van der Waals surface area (Å²) in [5, 5.41) is 3.75. The van der Waals surface area contributed by atoms with Gasteiger partial charge in [0.25, 0.3) is 0 Å². The van der Waals surface area contributed by atoms with Gasteiger partial charge >= 0.3 is 0 Å². The largest absolute Gasteiger partial charge is 0.496 e. The Bertz CT molecular complexity index is 490. The lowest BCUT2D eigenvalue weighted by Crippen LogP contribution is -2.40. The number of nitrogens with zero attached hydrogens (tertiary/aromatic N) is 1. The van der Waals surface area contributed by atoms with Gasteiger partial charge in [-0.15, -0.1) is 0 Å². The molecule has 4 heteroatoms. The molecule has 1 saturated carbocycles. The molecule has 2 fully saturated rings. The standard InChI is InChI=1S/C17H25BrN2O/c1-12-7-8-19-16(14-4-5-14)11-20(12)10-13-3-6-17(21-2)15(18)9-13/h3,6,9,12,14,16,19H,4-5,7-8,10-11H2,1-2H3. The van der Waals surface area contributed by atoms with Gasteiger partial charge in [0.05, 0.1) is 11.6 Å². The van der Waals surface area contributed by atoms with Crippen molar-refractivity contribution in [2.75, 3.05) is 20.2 Å². The van der Waals surface area contributed by atoms with E-state index in [0.29, 0.717) is 12.1 Å². The topological polar surface area (TPSA) is 24.5 Å². The van der Waals surface area contributed by atoms with Gasteiger partial charge in [-0.1, -0.05) is 6.07 Å². The lowest BCUT2D eigenvalue weighted by atomic mass is 10.1. The first-order valence-electron chi connectivity index (χ1n) is 7.97. The van der Waals surface area contributed by atoms with Gasteiger partial charge in [-0.25, -0.2) is 0 Å². The number of benzene rings is 1. The molecule has 0 amide bonds. The van der Waals surface area contributed by atoms with Crippen molar-refractivity contribution in [1.82, 2.24) is 10.2 Å². The van der Waals surface area contributed by atoms with E-state index in [9.17, 15) is 0 Å². The maximum Gasteiger partial charge on any atom is 0.133 e. The van der Waals surface area contributed by atoms with E-state index in [1.807, 2.05) is 0 Å². The first-order valence-corrected chi connectivity index (χ1v) is 8.76. The van der Waals surface area contributed by atoms with E-state index >= 15 is 0 Å². The normalized spacial score (nSPS) is 27.4. The molecule has 2 aliphatic rings. The summed E-state index contributed by atoms with van der Waals surface area (Å²) < 4.78 is 6.36. The number of hydrogen-bond acceptors (Lipinski definition) is 3. The van der Waals surface area contributed by atoms with Crippen molar-refractivity contribution in [3.63, 3.8) is 0 Å². The summed E-state index contributed by atoms with van der Waals surface area (Å²) in [6.07, 6.45) is 4.06. The summed E-state index contributed by atoms with van der Waals surface area (Å²) in [4.78, 5) is 2.64. The van der Waals surface area contributed by atoms with Gasteiger partial charge in [0.15, 0.2) is 0 Å². The third kappa shape index (κ3) is 3.79. The smallest absolute Gasteiger partial charge is 0.133 e. The molecule has 1 N–H and O–H groups in total. The summed E-state index contributed by atoms with van der Waals surface area (Å²) >= 11 is 3.59. The average molecular weight is 353 g/mol. The Hall–Kier alpha value is -0.580. The Labute approximate surface area is 136 Å². The van der Waals surface area contributed by atoms with Crippen molar-refractivity contribution in [2.45, 2.75) is 44.8 Å². The molecule has 3 nitrogen and oxygen atoms in total. The van der Waals surface area contributed by atoms with Crippen LogP contribution in [0, 0.1) is 5.92 Å². The minimum absolute atomic E-state index is 0.641. The minimum Gasteiger partial charge on any atom is -0.496 e. The monoisotopic (exact) mass is 352 g/mol. The molecule has 1 aliphatic heterocycles. The van der Waals surface area contributed by atoms with Crippen LogP contribution in [0.4, 0.5) is 0 Å². The van der Waals surface area contributed by atoms with E-state index in [2.05, 4.69) is 51.3 Å². The van der Waals surface area contributed by atoms with Crippen LogP contribution in [0.2, 0.25) is 0 Å². The maximum absolute atomic E-state index is 5.32. The van der Waals surface area contributed by atoms with Gasteiger partial charge in [0, 0.05) is 25.2 Å². The van der Waals surface area contributed by atoms with E-state index in [-0.39, 0.29) is 0 Å². The van der Waals surface area contributed by atoms with Crippen molar-refractivity contribution < 1.29 is 4.74 Å². The Morgan fingerprint density at radius 2 is 2.14 bits per heavy atom. The highest BCUT2D eigenvalue weighted by Crippen LogP contribution is 2.34. The van der Waals surface area contributed by atoms with Gasteiger partial charge in [-0.2, -0.15) is 0 Å². The Kier molecular flexibility index (Phi) is 4.87. The highest BCUT2D eigenvalue weighted by atomic mass is 79.9. The van der Waals surface area contributed by atoms with Crippen LogP contribution in [0.5, 0.6) is 5.75 Å². The molecule has 116 valence electrons. The molecule has 0 radical (unpaired) electrons. The van der Waals surface area contributed by atoms with Crippen LogP contribution in [0.25, 0.3) is 0 Å². The molecule has 1 heterocycles. The zero-order valence-corrected chi connectivity index (χ0v) is 14.5. The van der Waals surface area contributed by atoms with Crippen LogP contribution < -0.4 is 10.1 Å². The number of ether oxygens (including phenoxy) is 1. The SMILES string of the molecule is COc1ccc(CN2CC(C3CC3)NCCC2C)cc1Br. The van der Waals surface area contributed by atoms with Crippen LogP contribution in [-0.2, 0) is 6.54 Å². The van der Waals surface area contributed by atoms with Crippen LogP contribution >= 0.6 is 15.9 Å². The van der Waals surface area contributed by atoms with Crippen molar-refractivity contribution >= 4 is 15.9 Å². The number of rotatable bonds is 4. The van der Waals surface area contributed by atoms with Crippen molar-refractivity contribution in [1.29, 1.82) is 0 Å². The average Bonchev–Trinajstić information content (AvgIpc) is 3.29. The van der Waals surface area contributed by atoms with Crippen molar-refractivity contribution in [2.24, 2.45) is 5.92 Å². The van der Waals surface area contributed by atoms with Crippen LogP contribution in [0.15, 0.2) is 22.7 Å². The molecule has 0 bridgehead atoms. The van der Waals surface area contributed by atoms with Crippen LogP contribution in [-0.4, -0.2) is 37.2 Å². The van der Waals surface area contributed by atoms with Gasteiger partial charge in [0.2, 0.25) is 0 Å². The number of hydrogen-bond donors (Lipinski definition) is 1. The molecule has 1 aliphatic carbocycles. The second-order valence-corrected chi connectivity index (χ2v) is 7.29. The summed E-state index contributed by atoms with van der Waals surface area (Å²) in [6, 6.07) is 7.76. The maximum atomic E-state index is 5.32. The molecule has 2 atom stereocenters. The zero-order chi connectivity index (χ0) is 14.8. The summed E-state index contributed by atoms with van der Waals surface area (Å²) in [5.41, 5.74) is 1.35. The summed E-state index contributed by atoms with van der Waals surface area (Å²) in [6.45, 7) is 5.71. The predicted octanol–water partition coefficient (Wildman–Crippen LogP) is 3.42. The Morgan fingerprint density at radius 3 is 2.81 bits per heavy atom. The van der Waals surface area contributed by atoms with Gasteiger partial charge in [0.1, 0.15) is 5.75 Å². The molecular weight excluding hydrogens is 328 g/mol. The second kappa shape index (κ2) is 6.67. The minimum atomic E-state index is 0.641. The molecule has 1 aromatic carbocycles. The third-order valence-corrected chi connectivity index (χ3v) is 5.44.